The van der Waals surface area contributed by atoms with E-state index in [9.17, 15) is 22.8 Å². The quantitative estimate of drug-likeness (QED) is 0.853. The van der Waals surface area contributed by atoms with Gasteiger partial charge < -0.3 is 10.1 Å². The molecule has 0 unspecified atom stereocenters. The first kappa shape index (κ1) is 12.2. The van der Waals surface area contributed by atoms with Crippen LogP contribution >= 0.6 is 0 Å². The van der Waals surface area contributed by atoms with E-state index in [0.717, 1.165) is 18.2 Å². The highest BCUT2D eigenvalue weighted by Gasteiger charge is 2.30. The molecule has 0 bridgehead atoms. The molecule has 0 saturated carbocycles. The second kappa shape index (κ2) is 4.17. The Balaban J connectivity index is 2.07. The van der Waals surface area contributed by atoms with E-state index >= 15 is 0 Å². The molecule has 2 rings (SSSR count). The molecule has 2 aromatic carbocycles. The molecule has 4 nitrogen and oxygen atoms in total. The van der Waals surface area contributed by atoms with Crippen LogP contribution < -0.4 is 20.9 Å². The lowest BCUT2D eigenvalue weighted by Crippen LogP contribution is -2.31. The van der Waals surface area contributed by atoms with Crippen LogP contribution in [0.15, 0.2) is 39.9 Å². The second-order valence-electron chi connectivity index (χ2n) is 3.45. The Morgan fingerprint density at radius 1 is 1.06 bits per heavy atom. The molecule has 1 N–H and O–H groups in total. The first-order valence-electron chi connectivity index (χ1n) is 4.78. The van der Waals surface area contributed by atoms with Crippen molar-refractivity contribution >= 4 is 11.4 Å². The van der Waals surface area contributed by atoms with Crippen LogP contribution in [-0.2, 0) is 0 Å². The number of halogens is 3. The topological polar surface area (TPSA) is 55.4 Å². The molecule has 0 aliphatic carbocycles. The second-order valence-corrected chi connectivity index (χ2v) is 3.45. The third-order valence-corrected chi connectivity index (χ3v) is 2.11. The van der Waals surface area contributed by atoms with Gasteiger partial charge in [-0.3, -0.25) is 9.59 Å². The van der Waals surface area contributed by atoms with Crippen molar-refractivity contribution in [3.63, 3.8) is 0 Å². The Hall–Kier alpha value is -2.31. The van der Waals surface area contributed by atoms with Crippen LogP contribution in [-0.4, -0.2) is 6.36 Å². The lowest BCUT2D eigenvalue weighted by Gasteiger charge is -2.10. The van der Waals surface area contributed by atoms with Crippen LogP contribution in [0.1, 0.15) is 0 Å². The van der Waals surface area contributed by atoms with Gasteiger partial charge in [0, 0.05) is 11.8 Å². The van der Waals surface area contributed by atoms with Crippen molar-refractivity contribution in [3.8, 4) is 5.75 Å². The smallest absolute Gasteiger partial charge is 0.406 e. The third-order valence-electron chi connectivity index (χ3n) is 2.11. The van der Waals surface area contributed by atoms with E-state index in [4.69, 9.17) is 0 Å². The highest BCUT2D eigenvalue weighted by Crippen LogP contribution is 2.24. The number of benzene rings is 1. The highest BCUT2D eigenvalue weighted by atomic mass is 19.4. The number of rotatable bonds is 3. The lowest BCUT2D eigenvalue weighted by molar-refractivity contribution is -0.274. The van der Waals surface area contributed by atoms with Crippen LogP contribution in [0.2, 0.25) is 0 Å². The summed E-state index contributed by atoms with van der Waals surface area (Å²) in [5, 5.41) is 2.60. The van der Waals surface area contributed by atoms with E-state index in [-0.39, 0.29) is 11.4 Å². The zero-order chi connectivity index (χ0) is 13.3. The minimum absolute atomic E-state index is 0.115. The van der Waals surface area contributed by atoms with Gasteiger partial charge in [0.15, 0.2) is 0 Å². The Kier molecular flexibility index (Phi) is 2.82. The van der Waals surface area contributed by atoms with Gasteiger partial charge in [0.05, 0.1) is 5.69 Å². The third kappa shape index (κ3) is 2.68. The number of nitrogens with one attached hydrogen (secondary N) is 1. The molecule has 0 saturated heterocycles. The van der Waals surface area contributed by atoms with Crippen LogP contribution in [0.4, 0.5) is 24.5 Å². The maximum absolute atomic E-state index is 11.9. The van der Waals surface area contributed by atoms with Crippen LogP contribution in [0.25, 0.3) is 0 Å². The number of hydrogen-bond acceptors (Lipinski definition) is 4. The zero-order valence-electron chi connectivity index (χ0n) is 8.75. The summed E-state index contributed by atoms with van der Waals surface area (Å²) in [6, 6.07) is 5.92. The average molecular weight is 257 g/mol. The molecule has 0 fully saturated rings. The summed E-state index contributed by atoms with van der Waals surface area (Å²) in [4.78, 5) is 21.6. The molecule has 0 aliphatic heterocycles. The van der Waals surface area contributed by atoms with Gasteiger partial charge in [0.25, 0.3) is 0 Å². The fourth-order valence-corrected chi connectivity index (χ4v) is 1.31. The minimum atomic E-state index is -4.74. The molecule has 0 atom stereocenters. The molecule has 0 amide bonds. The first-order chi connectivity index (χ1) is 8.35. The van der Waals surface area contributed by atoms with Crippen molar-refractivity contribution in [2.24, 2.45) is 0 Å². The molecular formula is C11H6F3NO3. The van der Waals surface area contributed by atoms with Gasteiger partial charge in [0.1, 0.15) is 5.75 Å². The van der Waals surface area contributed by atoms with Gasteiger partial charge in [-0.25, -0.2) is 0 Å². The summed E-state index contributed by atoms with van der Waals surface area (Å²) in [6.07, 6.45) is -4.74. The summed E-state index contributed by atoms with van der Waals surface area (Å²) >= 11 is 0. The normalized spacial score (nSPS) is 11.5. The van der Waals surface area contributed by atoms with Crippen molar-refractivity contribution in [2.45, 2.75) is 6.36 Å². The number of alkyl halides is 3. The standard InChI is InChI=1S/C11H6F3NO3/c12-11(13,14)18-7-3-1-6(2-4-7)15-8-5-9(16)10(8)17/h1-5,15H. The fourth-order valence-electron chi connectivity index (χ4n) is 1.31. The summed E-state index contributed by atoms with van der Waals surface area (Å²) in [5.74, 6) is -0.363. The highest BCUT2D eigenvalue weighted by molar-refractivity contribution is 5.61. The van der Waals surface area contributed by atoms with Gasteiger partial charge in [-0.2, -0.15) is 0 Å². The molecule has 94 valence electrons. The van der Waals surface area contributed by atoms with Crippen LogP contribution in [0, 0.1) is 0 Å². The summed E-state index contributed by atoms with van der Waals surface area (Å²) in [7, 11) is 0. The van der Waals surface area contributed by atoms with E-state index in [1.165, 1.54) is 12.1 Å². The maximum atomic E-state index is 11.9. The predicted octanol–water partition coefficient (Wildman–Crippen LogP) is 1.92. The summed E-state index contributed by atoms with van der Waals surface area (Å²) in [6.45, 7) is 0. The Bertz CT molecular complexity index is 624. The van der Waals surface area contributed by atoms with Crippen molar-refractivity contribution < 1.29 is 17.9 Å². The minimum Gasteiger partial charge on any atom is -0.406 e. The predicted molar refractivity (Wildman–Crippen MR) is 57.8 cm³/mol. The number of hydrogen-bond donors (Lipinski definition) is 1. The molecule has 7 heteroatoms. The Morgan fingerprint density at radius 2 is 1.67 bits per heavy atom. The average Bonchev–Trinajstić information content (AvgIpc) is 2.29. The van der Waals surface area contributed by atoms with E-state index in [2.05, 4.69) is 10.1 Å². The molecule has 0 aromatic heterocycles. The van der Waals surface area contributed by atoms with Crippen LogP contribution in [0.5, 0.6) is 5.75 Å². The molecule has 0 aliphatic rings. The molecule has 0 spiro atoms. The first-order valence-corrected chi connectivity index (χ1v) is 4.78. The molecule has 2 aromatic rings. The molecule has 0 radical (unpaired) electrons. The lowest BCUT2D eigenvalue weighted by atomic mass is 10.2. The van der Waals surface area contributed by atoms with Gasteiger partial charge in [-0.15, -0.1) is 13.2 Å². The van der Waals surface area contributed by atoms with E-state index in [1.807, 2.05) is 0 Å². The van der Waals surface area contributed by atoms with Crippen molar-refractivity contribution in [2.75, 3.05) is 5.32 Å². The van der Waals surface area contributed by atoms with Gasteiger partial charge >= 0.3 is 6.36 Å². The Labute approximate surface area is 98.3 Å². The van der Waals surface area contributed by atoms with E-state index in [0.29, 0.717) is 5.69 Å². The summed E-state index contributed by atoms with van der Waals surface area (Å²) in [5.41, 5.74) is -0.749. The molecule has 18 heavy (non-hydrogen) atoms. The van der Waals surface area contributed by atoms with Gasteiger partial charge in [-0.05, 0) is 24.3 Å². The fraction of sp³-hybridized carbons (Fsp3) is 0.0909. The van der Waals surface area contributed by atoms with Gasteiger partial charge in [-0.1, -0.05) is 0 Å². The van der Waals surface area contributed by atoms with Crippen molar-refractivity contribution in [1.82, 2.24) is 0 Å². The van der Waals surface area contributed by atoms with Crippen LogP contribution in [0.3, 0.4) is 0 Å². The summed E-state index contributed by atoms with van der Waals surface area (Å²) < 4.78 is 39.3. The molecular weight excluding hydrogens is 251 g/mol. The monoisotopic (exact) mass is 257 g/mol. The van der Waals surface area contributed by atoms with E-state index in [1.54, 1.807) is 0 Å². The molecule has 0 heterocycles. The van der Waals surface area contributed by atoms with Gasteiger partial charge in [0.2, 0.25) is 10.9 Å². The van der Waals surface area contributed by atoms with E-state index < -0.39 is 17.2 Å². The number of ether oxygens (including phenoxy) is 1. The maximum Gasteiger partial charge on any atom is 0.573 e. The zero-order valence-corrected chi connectivity index (χ0v) is 8.75. The number of anilines is 2. The van der Waals surface area contributed by atoms with Crippen molar-refractivity contribution in [3.05, 3.63) is 50.8 Å². The SMILES string of the molecule is O=c1cc(Nc2ccc(OC(F)(F)F)cc2)c1=O. The Morgan fingerprint density at radius 3 is 2.11 bits per heavy atom. The largest absolute Gasteiger partial charge is 0.573 e. The van der Waals surface area contributed by atoms with Crippen molar-refractivity contribution in [1.29, 1.82) is 0 Å².